The fourth-order valence-electron chi connectivity index (χ4n) is 1.58. The van der Waals surface area contributed by atoms with Crippen LogP contribution in [0.2, 0.25) is 0 Å². The Morgan fingerprint density at radius 1 is 1.32 bits per heavy atom. The number of carbonyl (C=O) groups is 1. The SMILES string of the molecule is C#CCCNC(=O)c1ccc(-c2noc(C(F)(F)F)n2)cc1. The van der Waals surface area contributed by atoms with Crippen LogP contribution in [0.1, 0.15) is 22.7 Å². The fraction of sp³-hybridized carbons (Fsp3) is 0.214. The quantitative estimate of drug-likeness (QED) is 0.696. The number of hydrogen-bond donors (Lipinski definition) is 1. The number of terminal acetylenes is 1. The summed E-state index contributed by atoms with van der Waals surface area (Å²) in [6.45, 7) is 0.344. The van der Waals surface area contributed by atoms with E-state index in [4.69, 9.17) is 6.42 Å². The van der Waals surface area contributed by atoms with Gasteiger partial charge < -0.3 is 9.84 Å². The molecule has 1 aromatic carbocycles. The molecule has 0 aliphatic carbocycles. The topological polar surface area (TPSA) is 68.0 Å². The van der Waals surface area contributed by atoms with Gasteiger partial charge in [-0.05, 0) is 12.1 Å². The van der Waals surface area contributed by atoms with Crippen LogP contribution in [0.15, 0.2) is 28.8 Å². The molecule has 8 heteroatoms. The normalized spacial score (nSPS) is 11.0. The van der Waals surface area contributed by atoms with Crippen molar-refractivity contribution < 1.29 is 22.5 Å². The Morgan fingerprint density at radius 3 is 2.55 bits per heavy atom. The molecule has 1 amide bonds. The van der Waals surface area contributed by atoms with Gasteiger partial charge in [0.1, 0.15) is 0 Å². The number of benzene rings is 1. The van der Waals surface area contributed by atoms with Gasteiger partial charge in [-0.2, -0.15) is 18.2 Å². The van der Waals surface area contributed by atoms with Crippen LogP contribution in [0.3, 0.4) is 0 Å². The molecule has 0 atom stereocenters. The molecule has 0 radical (unpaired) electrons. The van der Waals surface area contributed by atoms with E-state index in [1.54, 1.807) is 0 Å². The molecule has 0 unspecified atom stereocenters. The number of halogens is 3. The van der Waals surface area contributed by atoms with Gasteiger partial charge in [-0.1, -0.05) is 17.3 Å². The lowest BCUT2D eigenvalue weighted by atomic mass is 10.1. The van der Waals surface area contributed by atoms with Gasteiger partial charge in [-0.15, -0.1) is 12.3 Å². The van der Waals surface area contributed by atoms with Gasteiger partial charge in [0.05, 0.1) is 0 Å². The van der Waals surface area contributed by atoms with Crippen LogP contribution < -0.4 is 5.32 Å². The van der Waals surface area contributed by atoms with Gasteiger partial charge in [0.2, 0.25) is 5.82 Å². The first-order chi connectivity index (χ1) is 10.4. The Balaban J connectivity index is 2.10. The second-order valence-electron chi connectivity index (χ2n) is 4.21. The summed E-state index contributed by atoms with van der Waals surface area (Å²) in [6.07, 6.45) is 0.783. The first kappa shape index (κ1) is 15.6. The Morgan fingerprint density at radius 2 is 2.00 bits per heavy atom. The molecule has 1 N–H and O–H groups in total. The molecule has 5 nitrogen and oxygen atoms in total. The van der Waals surface area contributed by atoms with Gasteiger partial charge in [0, 0.05) is 24.1 Å². The van der Waals surface area contributed by atoms with E-state index in [0.29, 0.717) is 24.1 Å². The van der Waals surface area contributed by atoms with Gasteiger partial charge in [0.25, 0.3) is 5.91 Å². The number of alkyl halides is 3. The third kappa shape index (κ3) is 3.63. The molecule has 114 valence electrons. The number of amides is 1. The Kier molecular flexibility index (Phi) is 4.46. The Labute approximate surface area is 123 Å². The number of rotatable bonds is 4. The standard InChI is InChI=1S/C14H10F3N3O2/c1-2-3-8-18-12(21)10-6-4-9(5-7-10)11-19-13(22-20-11)14(15,16)17/h1,4-7H,3,8H2,(H,18,21). The molecule has 0 aliphatic heterocycles. The van der Waals surface area contributed by atoms with Crippen molar-refractivity contribution in [3.63, 3.8) is 0 Å². The second kappa shape index (κ2) is 6.30. The molecule has 22 heavy (non-hydrogen) atoms. The van der Waals surface area contributed by atoms with Crippen molar-refractivity contribution in [2.24, 2.45) is 0 Å². The summed E-state index contributed by atoms with van der Waals surface area (Å²) in [4.78, 5) is 15.0. The van der Waals surface area contributed by atoms with Crippen molar-refractivity contribution in [1.29, 1.82) is 0 Å². The van der Waals surface area contributed by atoms with Gasteiger partial charge in [-0.25, -0.2) is 0 Å². The van der Waals surface area contributed by atoms with E-state index in [0.717, 1.165) is 0 Å². The minimum absolute atomic E-state index is 0.202. The predicted octanol–water partition coefficient (Wildman–Crippen LogP) is 2.51. The lowest BCUT2D eigenvalue weighted by Gasteiger charge is -2.03. The van der Waals surface area contributed by atoms with Crippen LogP contribution in [-0.4, -0.2) is 22.6 Å². The lowest BCUT2D eigenvalue weighted by Crippen LogP contribution is -2.24. The molecule has 0 saturated heterocycles. The second-order valence-corrected chi connectivity index (χ2v) is 4.21. The minimum Gasteiger partial charge on any atom is -0.351 e. The molecule has 2 aromatic rings. The van der Waals surface area contributed by atoms with E-state index in [2.05, 4.69) is 25.9 Å². The molecule has 1 heterocycles. The van der Waals surface area contributed by atoms with Gasteiger partial charge in [0.15, 0.2) is 0 Å². The average molecular weight is 309 g/mol. The third-order valence-corrected chi connectivity index (χ3v) is 2.63. The first-order valence-electron chi connectivity index (χ1n) is 6.15. The van der Waals surface area contributed by atoms with Crippen LogP contribution in [0.4, 0.5) is 13.2 Å². The van der Waals surface area contributed by atoms with Crippen molar-refractivity contribution in [3.8, 4) is 23.7 Å². The smallest absolute Gasteiger partial charge is 0.351 e. The van der Waals surface area contributed by atoms with Crippen LogP contribution in [0, 0.1) is 12.3 Å². The summed E-state index contributed by atoms with van der Waals surface area (Å²) in [5.41, 5.74) is 0.653. The Bertz CT molecular complexity index is 699. The van der Waals surface area contributed by atoms with E-state index in [1.807, 2.05) is 0 Å². The molecule has 0 spiro atoms. The number of hydrogen-bond acceptors (Lipinski definition) is 4. The largest absolute Gasteiger partial charge is 0.471 e. The summed E-state index contributed by atoms with van der Waals surface area (Å²) >= 11 is 0. The highest BCUT2D eigenvalue weighted by Crippen LogP contribution is 2.29. The molecule has 0 aliphatic rings. The summed E-state index contributed by atoms with van der Waals surface area (Å²) < 4.78 is 41.3. The van der Waals surface area contributed by atoms with E-state index in [1.165, 1.54) is 24.3 Å². The maximum absolute atomic E-state index is 12.4. The van der Waals surface area contributed by atoms with Crippen molar-refractivity contribution >= 4 is 5.91 Å². The fourth-order valence-corrected chi connectivity index (χ4v) is 1.58. The number of carbonyl (C=O) groups excluding carboxylic acids is 1. The van der Waals surface area contributed by atoms with Crippen molar-refractivity contribution in [3.05, 3.63) is 35.7 Å². The highest BCUT2D eigenvalue weighted by atomic mass is 19.4. The monoisotopic (exact) mass is 309 g/mol. The molecular formula is C14H10F3N3O2. The highest BCUT2D eigenvalue weighted by Gasteiger charge is 2.38. The zero-order chi connectivity index (χ0) is 16.2. The average Bonchev–Trinajstić information content (AvgIpc) is 2.97. The van der Waals surface area contributed by atoms with E-state index in [-0.39, 0.29) is 11.7 Å². The van der Waals surface area contributed by atoms with Gasteiger partial charge >= 0.3 is 12.1 Å². The summed E-state index contributed by atoms with van der Waals surface area (Å²) in [7, 11) is 0. The maximum Gasteiger partial charge on any atom is 0.471 e. The van der Waals surface area contributed by atoms with E-state index < -0.39 is 12.1 Å². The van der Waals surface area contributed by atoms with E-state index >= 15 is 0 Å². The predicted molar refractivity (Wildman–Crippen MR) is 70.5 cm³/mol. The highest BCUT2D eigenvalue weighted by molar-refractivity contribution is 5.94. The molecule has 0 fully saturated rings. The molecule has 0 saturated carbocycles. The maximum atomic E-state index is 12.4. The molecule has 2 rings (SSSR count). The van der Waals surface area contributed by atoms with Crippen LogP contribution in [0.25, 0.3) is 11.4 Å². The third-order valence-electron chi connectivity index (χ3n) is 2.63. The van der Waals surface area contributed by atoms with Crippen LogP contribution in [-0.2, 0) is 6.18 Å². The van der Waals surface area contributed by atoms with Gasteiger partial charge in [-0.3, -0.25) is 4.79 Å². The number of aromatic nitrogens is 2. The minimum atomic E-state index is -4.69. The zero-order valence-electron chi connectivity index (χ0n) is 11.1. The van der Waals surface area contributed by atoms with Crippen LogP contribution >= 0.6 is 0 Å². The lowest BCUT2D eigenvalue weighted by molar-refractivity contribution is -0.159. The summed E-state index contributed by atoms with van der Waals surface area (Å²) in [5.74, 6) is 0.438. The summed E-state index contributed by atoms with van der Waals surface area (Å²) in [6, 6.07) is 5.76. The Hall–Kier alpha value is -2.82. The van der Waals surface area contributed by atoms with Crippen LogP contribution in [0.5, 0.6) is 0 Å². The van der Waals surface area contributed by atoms with E-state index in [9.17, 15) is 18.0 Å². The first-order valence-corrected chi connectivity index (χ1v) is 6.15. The molecule has 1 aromatic heterocycles. The zero-order valence-corrected chi connectivity index (χ0v) is 11.1. The molecular weight excluding hydrogens is 299 g/mol. The summed E-state index contributed by atoms with van der Waals surface area (Å²) in [5, 5.41) is 5.86. The molecule has 0 bridgehead atoms. The van der Waals surface area contributed by atoms with Crippen molar-refractivity contribution in [2.45, 2.75) is 12.6 Å². The van der Waals surface area contributed by atoms with Crippen molar-refractivity contribution in [1.82, 2.24) is 15.5 Å². The van der Waals surface area contributed by atoms with Crippen molar-refractivity contribution in [2.75, 3.05) is 6.54 Å². The number of nitrogens with zero attached hydrogens (tertiary/aromatic N) is 2. The number of nitrogens with one attached hydrogen (secondary N) is 1.